The fraction of sp³-hybridized carbons (Fsp3) is 0.708. The number of carbonyl (C=O) groups excluding carboxylic acids is 7. The number of oxime groups is 7. The number of carboxylic acids is 1. The molecule has 0 unspecified atom stereocenters. The quantitative estimate of drug-likeness (QED) is 0.00710. The number of amides is 14. The molecule has 0 aromatic heterocycles. The number of aliphatic carboxylic acids is 1. The maximum Gasteiger partial charge on any atom is 1.00 e. The van der Waals surface area contributed by atoms with E-state index in [-0.39, 0.29) is 251 Å². The van der Waals surface area contributed by atoms with Crippen molar-refractivity contribution in [3.8, 4) is 0 Å². The summed E-state index contributed by atoms with van der Waals surface area (Å²) in [6, 6.07) is -9.43. The number of azide groups is 1. The van der Waals surface area contributed by atoms with Gasteiger partial charge in [-0.05, 0) is 24.8 Å². The minimum absolute atomic E-state index is 0. The van der Waals surface area contributed by atoms with Crippen LogP contribution >= 0.6 is 0 Å². The van der Waals surface area contributed by atoms with Gasteiger partial charge < -0.3 is 97.8 Å². The Morgan fingerprint density at radius 1 is 0.400 bits per heavy atom. The Bertz CT molecular complexity index is 4730. The van der Waals surface area contributed by atoms with E-state index >= 15 is 0 Å². The summed E-state index contributed by atoms with van der Waals surface area (Å²) in [7, 11) is -10.2. The van der Waals surface area contributed by atoms with Crippen molar-refractivity contribution in [3.05, 3.63) is 48.4 Å². The molecular weight excluding hydrogens is 1990 g/mol. The van der Waals surface area contributed by atoms with Gasteiger partial charge in [0.05, 0.1) is 124 Å². The van der Waals surface area contributed by atoms with Crippen LogP contribution in [-0.4, -0.2) is 440 Å². The van der Waals surface area contributed by atoms with E-state index in [2.05, 4.69) is 109 Å². The van der Waals surface area contributed by atoms with Crippen LogP contribution in [0.4, 0.5) is 33.6 Å². The molecule has 14 atom stereocenters. The van der Waals surface area contributed by atoms with Gasteiger partial charge in [-0.2, -0.15) is 56.7 Å². The van der Waals surface area contributed by atoms with E-state index in [9.17, 15) is 90.8 Å². The molecule has 14 heterocycles. The second kappa shape index (κ2) is 58.4. The van der Waals surface area contributed by atoms with Gasteiger partial charge in [0.15, 0.2) is 0 Å². The molecule has 5 N–H and O–H groups in total. The summed E-state index contributed by atoms with van der Waals surface area (Å²) in [5.74, 6) is -1.07. The van der Waals surface area contributed by atoms with Gasteiger partial charge >= 0.3 is 147 Å². The summed E-state index contributed by atoms with van der Waals surface area (Å²) in [6.07, 6.45) is 9.81. The minimum Gasteiger partial charge on any atom is -0.724 e. The summed E-state index contributed by atoms with van der Waals surface area (Å²) >= 11 is 0. The van der Waals surface area contributed by atoms with Crippen LogP contribution in [0.2, 0.25) is 0 Å². The third-order valence-electron chi connectivity index (χ3n) is 22.1. The maximum atomic E-state index is 12.2. The number of aliphatic hydroxyl groups excluding tert-OH is 1. The molecule has 0 radical (unpaired) electrons. The summed E-state index contributed by atoms with van der Waals surface area (Å²) in [4.78, 5) is 158. The fourth-order valence-electron chi connectivity index (χ4n) is 16.4. The van der Waals surface area contributed by atoms with Crippen molar-refractivity contribution in [3.63, 3.8) is 0 Å². The number of carboxylic acid groups (broad SMARTS) is 1. The van der Waals surface area contributed by atoms with Crippen LogP contribution in [0.1, 0.15) is 115 Å². The molecule has 14 aliphatic heterocycles. The number of fused-ring (bicyclic) bond motifs is 14. The van der Waals surface area contributed by atoms with Gasteiger partial charge in [-0.1, -0.05) is 110 Å². The van der Waals surface area contributed by atoms with Crippen LogP contribution in [0.3, 0.4) is 0 Å². The molecule has 61 nitrogen and oxygen atoms in total. The van der Waals surface area contributed by atoms with Crippen molar-refractivity contribution in [2.75, 3.05) is 135 Å². The van der Waals surface area contributed by atoms with Crippen molar-refractivity contribution >= 4 is 130 Å². The van der Waals surface area contributed by atoms with E-state index in [4.69, 9.17) is 49.9 Å². The molecule has 776 valence electrons. The topological polar surface area (TPSA) is 739 Å². The second-order valence-corrected chi connectivity index (χ2v) is 33.7. The molecule has 14 bridgehead atoms. The first-order chi connectivity index (χ1) is 63.0. The van der Waals surface area contributed by atoms with E-state index in [1.165, 1.54) is 90.5 Å². The number of nitrogens with zero attached hydrogens (tertiary/aromatic N) is 24. The number of hydrogen-bond acceptors (Lipinski definition) is 43. The molecule has 0 aromatic carbocycles. The van der Waals surface area contributed by atoms with Crippen molar-refractivity contribution in [2.45, 2.75) is 199 Å². The summed E-state index contributed by atoms with van der Waals surface area (Å²) in [5, 5.41) is 54.7. The van der Waals surface area contributed by atoms with Gasteiger partial charge in [-0.25, -0.2) is 63.6 Å². The SMILES string of the molecule is C.C.C.C.C=CCON1C(=O)N2C[C@H]1C(=NOC)C[C@H]2C(=O)O.C=CCON1C(=O)N2C[C@H]1C(=NOC)C[C@H]2CC.C=CCON1C(=O)N2C[C@H]1C(=NOC)C[C@H]2CO.CC[C@@H]1CC(=NOC)[C@@H]2CN1C(=O)N2OS(=O)(=O)[O-].CC[C@@H]1CC(=NOC)[C@@H]2CN1C(=O)N2OS(=O)(=O)[O-].CON=C1C[C@@H](CN)N2C[C@@H]1N(OS(=O)(=O)O)C2=O.CON=C1C[C@@H](CN=[N+]=[N-])N2C[C@@H]1N(OS(=O)(=O)[O-])C2=O.[Na+].[Na+].[Na+]. The Morgan fingerprint density at radius 2 is 0.621 bits per heavy atom. The zero-order valence-corrected chi connectivity index (χ0v) is 85.7. The van der Waals surface area contributed by atoms with Gasteiger partial charge in [-0.3, -0.25) is 19.1 Å². The first-order valence-electron chi connectivity index (χ1n) is 40.3. The molecule has 14 amide bonds. The Balaban J connectivity index is 0.000000810. The van der Waals surface area contributed by atoms with Gasteiger partial charge in [0.2, 0.25) is 31.2 Å². The molecule has 14 aliphatic rings. The standard InChI is InChI=1S/C12H19N3O3.C11H15N3O5.C11H17N3O4.2C9H15N3O6S.C8H12N6O6S.C8H14N4O6S.4CH4.3Na/c1-4-6-18-15-11-8-14(12(15)16)9(5-2)7-10(11)13-17-3;1-3-4-19-14-9-6-13(11(14)17)8(10(15)16)5-7(9)12-18-2;1-3-4-18-14-10-6-13(11(14)16)8(7-15)5-9(10)12-17-2;2*1-3-6-4-7(10-17-2)8-5-11(6)9(13)12(8)18-19(14,15)16;1-19-11-6-2-5(3-10-12-9)13-4-7(6)14(8(13)15)20-21(16,17)18;1-17-10-6-2-5(3-9)11-4-7(6)12(8(11)13)18-19(14,15)16;;;;;;;/h4,9,11H,1,5-8H2,2-3H3;3,8-9H,1,4-6H2,2H3,(H,15,16);3,8,10,15H,1,4-7H2,2H3;2*6,8H,3-5H2,1-2H3,(H,14,15,16);5,7H,2-4H2,1H3,(H,16,17,18);5,7H,2-4,9H2,1H3,(H,14,15,16);4*1H4;;;/q;;;;;;;;;;;3*+1/p-3/t9-,11+;8-,9-;8-,10-;2*6-,8+;2*5-,7-;;;;;;;/m1001100......./s1. The molecule has 0 spiro atoms. The molecule has 140 heavy (non-hydrogen) atoms. The third kappa shape index (κ3) is 32.0. The van der Waals surface area contributed by atoms with Crippen molar-refractivity contribution in [1.29, 1.82) is 0 Å². The number of nitrogens with two attached hydrogens (primary N) is 1. The van der Waals surface area contributed by atoms with Crippen molar-refractivity contribution in [2.24, 2.45) is 46.9 Å². The zero-order chi connectivity index (χ0) is 98.5. The summed E-state index contributed by atoms with van der Waals surface area (Å²) < 4.78 is 143. The smallest absolute Gasteiger partial charge is 0.724 e. The molecule has 68 heteroatoms. The number of rotatable bonds is 32. The third-order valence-corrected chi connectivity index (χ3v) is 23.5. The number of urea groups is 7. The number of piperidine rings is 7. The van der Waals surface area contributed by atoms with Gasteiger partial charge in [-0.15, -0.1) is 24.0 Å². The van der Waals surface area contributed by atoms with E-state index in [0.717, 1.165) is 23.6 Å². The summed E-state index contributed by atoms with van der Waals surface area (Å²) in [6.45, 7) is 19.3. The Morgan fingerprint density at radius 3 is 0.864 bits per heavy atom. The fourth-order valence-corrected chi connectivity index (χ4v) is 17.9. The molecule has 14 fully saturated rings. The average molecular weight is 2110 g/mol. The minimum atomic E-state index is -5.10. The molecule has 14 saturated heterocycles. The van der Waals surface area contributed by atoms with E-state index in [1.807, 2.05) is 18.7 Å². The van der Waals surface area contributed by atoms with Gasteiger partial charge in [0.1, 0.15) is 98.1 Å². The monoisotopic (exact) mass is 2110 g/mol. The second-order valence-electron chi connectivity index (χ2n) is 29.8. The van der Waals surface area contributed by atoms with Crippen LogP contribution in [0, 0.1) is 0 Å². The zero-order valence-electron chi connectivity index (χ0n) is 76.5. The first-order valence-corrected chi connectivity index (χ1v) is 45.7. The van der Waals surface area contributed by atoms with E-state index in [1.54, 1.807) is 17.1 Å². The predicted molar refractivity (Wildman–Crippen MR) is 473 cm³/mol. The molecule has 0 aromatic rings. The largest absolute Gasteiger partial charge is 1.00 e. The predicted octanol–water partition coefficient (Wildman–Crippen LogP) is -7.53. The van der Waals surface area contributed by atoms with Crippen LogP contribution < -0.4 is 94.4 Å². The average Bonchev–Trinajstić information content (AvgIpc) is 1.59. The normalized spacial score (nSPS) is 27.2. The molecule has 0 aliphatic carbocycles. The maximum absolute atomic E-state index is 12.2. The molecule has 14 rings (SSSR count). The number of carbonyl (C=O) groups is 8. The Labute approximate surface area is 876 Å². The Hall–Kier alpha value is -8.54. The van der Waals surface area contributed by atoms with Crippen LogP contribution in [-0.2, 0) is 112 Å². The number of hydrogen-bond donors (Lipinski definition) is 4. The number of hydroxylamine groups is 14. The van der Waals surface area contributed by atoms with Crippen LogP contribution in [0.15, 0.2) is 79.2 Å². The first kappa shape index (κ1) is 129. The van der Waals surface area contributed by atoms with E-state index < -0.39 is 120 Å². The van der Waals surface area contributed by atoms with Gasteiger partial charge in [0.25, 0.3) is 0 Å². The van der Waals surface area contributed by atoms with Crippen molar-refractivity contribution in [1.82, 2.24) is 69.7 Å². The van der Waals surface area contributed by atoms with Gasteiger partial charge in [0, 0.05) is 87.1 Å². The van der Waals surface area contributed by atoms with E-state index in [0.29, 0.717) is 113 Å². The summed E-state index contributed by atoms with van der Waals surface area (Å²) in [5.41, 5.74) is 17.7. The number of aliphatic hydroxyl groups is 1. The Kier molecular flexibility index (Phi) is 54.0. The van der Waals surface area contributed by atoms with Crippen LogP contribution in [0.5, 0.6) is 0 Å². The van der Waals surface area contributed by atoms with Crippen molar-refractivity contribution < 1.29 is 255 Å². The molecule has 0 saturated carbocycles. The molecular formula is C72H120N25Na3O36S4. The van der Waals surface area contributed by atoms with Crippen LogP contribution in [0.25, 0.3) is 10.4 Å².